The van der Waals surface area contributed by atoms with Crippen molar-refractivity contribution >= 4 is 23.6 Å². The Kier molecular flexibility index (Phi) is 5.30. The number of nitrogens with one attached hydrogen (secondary N) is 1. The van der Waals surface area contributed by atoms with Crippen molar-refractivity contribution < 1.29 is 9.53 Å². The van der Waals surface area contributed by atoms with Crippen LogP contribution in [-0.2, 0) is 11.3 Å². The van der Waals surface area contributed by atoms with Gasteiger partial charge in [0.25, 0.3) is 0 Å². The van der Waals surface area contributed by atoms with Gasteiger partial charge in [0, 0.05) is 5.69 Å². The average molecular weight is 363 g/mol. The van der Waals surface area contributed by atoms with Gasteiger partial charge in [0.1, 0.15) is 0 Å². The number of aromatic nitrogens is 3. The van der Waals surface area contributed by atoms with Crippen LogP contribution in [0.1, 0.15) is 32.9 Å². The minimum Gasteiger partial charge on any atom is -0.454 e. The van der Waals surface area contributed by atoms with Gasteiger partial charge in [0.2, 0.25) is 11.9 Å². The number of benzene rings is 2. The van der Waals surface area contributed by atoms with E-state index in [9.17, 15) is 4.79 Å². The van der Waals surface area contributed by atoms with Crippen LogP contribution in [0.15, 0.2) is 42.5 Å². The fourth-order valence-corrected chi connectivity index (χ4v) is 2.70. The molecule has 3 N–H and O–H groups in total. The second kappa shape index (κ2) is 7.82. The molecule has 7 heteroatoms. The highest BCUT2D eigenvalue weighted by Crippen LogP contribution is 2.18. The van der Waals surface area contributed by atoms with Crippen LogP contribution in [0.4, 0.5) is 17.6 Å². The van der Waals surface area contributed by atoms with Crippen molar-refractivity contribution in [2.45, 2.75) is 27.4 Å². The second-order valence-electron chi connectivity index (χ2n) is 6.33. The normalized spacial score (nSPS) is 10.5. The zero-order chi connectivity index (χ0) is 19.4. The Morgan fingerprint density at radius 1 is 1.04 bits per heavy atom. The lowest BCUT2D eigenvalue weighted by atomic mass is 10.1. The summed E-state index contributed by atoms with van der Waals surface area (Å²) in [5.41, 5.74) is 10.2. The average Bonchev–Trinajstić information content (AvgIpc) is 2.60. The largest absolute Gasteiger partial charge is 0.454 e. The number of ether oxygens (including phenoxy) is 1. The molecule has 0 saturated heterocycles. The summed E-state index contributed by atoms with van der Waals surface area (Å²) in [7, 11) is 0. The summed E-state index contributed by atoms with van der Waals surface area (Å²) in [4.78, 5) is 24.7. The molecule has 27 heavy (non-hydrogen) atoms. The van der Waals surface area contributed by atoms with Crippen LogP contribution in [-0.4, -0.2) is 20.9 Å². The van der Waals surface area contributed by atoms with Crippen LogP contribution in [0.5, 0.6) is 0 Å². The van der Waals surface area contributed by atoms with Crippen LogP contribution in [0.25, 0.3) is 0 Å². The minimum absolute atomic E-state index is 0.0542. The van der Waals surface area contributed by atoms with Crippen molar-refractivity contribution in [3.8, 4) is 0 Å². The summed E-state index contributed by atoms with van der Waals surface area (Å²) >= 11 is 0. The van der Waals surface area contributed by atoms with Gasteiger partial charge in [0.15, 0.2) is 12.4 Å². The fourth-order valence-electron chi connectivity index (χ4n) is 2.70. The number of aryl methyl sites for hydroxylation is 3. The van der Waals surface area contributed by atoms with Crippen molar-refractivity contribution in [1.82, 2.24) is 15.0 Å². The molecule has 0 spiro atoms. The van der Waals surface area contributed by atoms with Gasteiger partial charge in [-0.2, -0.15) is 15.0 Å². The third-order valence-electron chi connectivity index (χ3n) is 3.88. The van der Waals surface area contributed by atoms with Gasteiger partial charge in [-0.3, -0.25) is 0 Å². The van der Waals surface area contributed by atoms with Crippen LogP contribution in [0.3, 0.4) is 0 Å². The predicted octanol–water partition coefficient (Wildman–Crippen LogP) is 3.48. The molecule has 0 aliphatic heterocycles. The first-order valence-electron chi connectivity index (χ1n) is 8.49. The molecule has 0 radical (unpaired) electrons. The Bertz CT molecular complexity index is 968. The molecule has 0 bridgehead atoms. The van der Waals surface area contributed by atoms with E-state index >= 15 is 0 Å². The van der Waals surface area contributed by atoms with E-state index in [-0.39, 0.29) is 18.4 Å². The Hall–Kier alpha value is -3.48. The third-order valence-corrected chi connectivity index (χ3v) is 3.88. The van der Waals surface area contributed by atoms with Gasteiger partial charge in [-0.25, -0.2) is 4.79 Å². The van der Waals surface area contributed by atoms with Crippen molar-refractivity contribution in [3.05, 3.63) is 70.5 Å². The van der Waals surface area contributed by atoms with Crippen LogP contribution >= 0.6 is 0 Å². The number of anilines is 3. The number of hydrogen-bond acceptors (Lipinski definition) is 7. The van der Waals surface area contributed by atoms with E-state index in [1.54, 1.807) is 12.1 Å². The van der Waals surface area contributed by atoms with Crippen LogP contribution in [0.2, 0.25) is 0 Å². The number of carbonyl (C=O) groups is 1. The SMILES string of the molecule is Cc1cc(C)cc(C(=O)OCc2nc(N)nc(Nc3ccccc3C)n2)c1. The fraction of sp³-hybridized carbons (Fsp3) is 0.200. The summed E-state index contributed by atoms with van der Waals surface area (Å²) < 4.78 is 5.33. The van der Waals surface area contributed by atoms with Crippen LogP contribution in [0, 0.1) is 20.8 Å². The van der Waals surface area contributed by atoms with Crippen molar-refractivity contribution in [1.29, 1.82) is 0 Å². The smallest absolute Gasteiger partial charge is 0.338 e. The van der Waals surface area contributed by atoms with E-state index < -0.39 is 5.97 Å². The zero-order valence-corrected chi connectivity index (χ0v) is 15.5. The molecule has 0 aliphatic carbocycles. The summed E-state index contributed by atoms with van der Waals surface area (Å²) in [5.74, 6) is 0.193. The first-order valence-corrected chi connectivity index (χ1v) is 8.49. The molecule has 138 valence electrons. The molecule has 3 rings (SSSR count). The number of carbonyl (C=O) groups excluding carboxylic acids is 1. The molecular weight excluding hydrogens is 342 g/mol. The van der Waals surface area contributed by atoms with E-state index in [2.05, 4.69) is 20.3 Å². The standard InChI is InChI=1S/C20H21N5O2/c1-12-8-13(2)10-15(9-12)18(26)27-11-17-23-19(21)25-20(24-17)22-16-7-5-4-6-14(16)3/h4-10H,11H2,1-3H3,(H3,21,22,23,24,25). The summed E-state index contributed by atoms with van der Waals surface area (Å²) in [6, 6.07) is 13.3. The summed E-state index contributed by atoms with van der Waals surface area (Å²) in [6.07, 6.45) is 0. The Labute approximate surface area is 157 Å². The molecule has 0 aliphatic rings. The molecule has 1 aromatic heterocycles. The molecule has 2 aromatic carbocycles. The maximum Gasteiger partial charge on any atom is 0.338 e. The van der Waals surface area contributed by atoms with Crippen molar-refractivity contribution in [2.24, 2.45) is 0 Å². The van der Waals surface area contributed by atoms with Crippen LogP contribution < -0.4 is 11.1 Å². The second-order valence-corrected chi connectivity index (χ2v) is 6.33. The quantitative estimate of drug-likeness (QED) is 0.669. The Morgan fingerprint density at radius 3 is 2.44 bits per heavy atom. The Morgan fingerprint density at radius 2 is 1.74 bits per heavy atom. The maximum atomic E-state index is 12.3. The number of esters is 1. The molecule has 3 aromatic rings. The molecule has 0 amide bonds. The lowest BCUT2D eigenvalue weighted by Crippen LogP contribution is -2.11. The highest BCUT2D eigenvalue weighted by atomic mass is 16.5. The van der Waals surface area contributed by atoms with Crippen molar-refractivity contribution in [3.63, 3.8) is 0 Å². The molecule has 1 heterocycles. The van der Waals surface area contributed by atoms with E-state index in [4.69, 9.17) is 10.5 Å². The number of nitrogens with two attached hydrogens (primary N) is 1. The highest BCUT2D eigenvalue weighted by molar-refractivity contribution is 5.89. The third kappa shape index (κ3) is 4.78. The number of nitrogen functional groups attached to an aromatic ring is 1. The minimum atomic E-state index is -0.436. The van der Waals surface area contributed by atoms with E-state index in [1.165, 1.54) is 0 Å². The van der Waals surface area contributed by atoms with E-state index in [0.29, 0.717) is 11.5 Å². The lowest BCUT2D eigenvalue weighted by molar-refractivity contribution is 0.0462. The molecule has 0 atom stereocenters. The maximum absolute atomic E-state index is 12.3. The highest BCUT2D eigenvalue weighted by Gasteiger charge is 2.12. The zero-order valence-electron chi connectivity index (χ0n) is 15.5. The number of para-hydroxylation sites is 1. The van der Waals surface area contributed by atoms with E-state index in [1.807, 2.05) is 51.1 Å². The molecule has 7 nitrogen and oxygen atoms in total. The number of rotatable bonds is 5. The topological polar surface area (TPSA) is 103 Å². The van der Waals surface area contributed by atoms with Gasteiger partial charge < -0.3 is 15.8 Å². The summed E-state index contributed by atoms with van der Waals surface area (Å²) in [6.45, 7) is 5.74. The van der Waals surface area contributed by atoms with Gasteiger partial charge in [0.05, 0.1) is 5.56 Å². The molecule has 0 saturated carbocycles. The molecular formula is C20H21N5O2. The predicted molar refractivity (Wildman–Crippen MR) is 104 cm³/mol. The first kappa shape index (κ1) is 18.3. The van der Waals surface area contributed by atoms with E-state index in [0.717, 1.165) is 22.4 Å². The van der Waals surface area contributed by atoms with Gasteiger partial charge >= 0.3 is 5.97 Å². The van der Waals surface area contributed by atoms with Gasteiger partial charge in [-0.15, -0.1) is 0 Å². The Balaban J connectivity index is 1.72. The summed E-state index contributed by atoms with van der Waals surface area (Å²) in [5, 5.41) is 3.10. The monoisotopic (exact) mass is 363 g/mol. The number of nitrogens with zero attached hydrogens (tertiary/aromatic N) is 3. The number of hydrogen-bond donors (Lipinski definition) is 2. The van der Waals surface area contributed by atoms with Gasteiger partial charge in [-0.1, -0.05) is 35.4 Å². The van der Waals surface area contributed by atoms with Gasteiger partial charge in [-0.05, 0) is 44.5 Å². The first-order chi connectivity index (χ1) is 12.9. The lowest BCUT2D eigenvalue weighted by Gasteiger charge is -2.10. The molecule has 0 unspecified atom stereocenters. The van der Waals surface area contributed by atoms with Crippen molar-refractivity contribution in [2.75, 3.05) is 11.1 Å². The molecule has 0 fully saturated rings.